The van der Waals surface area contributed by atoms with Gasteiger partial charge in [-0.25, -0.2) is 9.67 Å². The fourth-order valence-corrected chi connectivity index (χ4v) is 2.88. The molecule has 0 aromatic carbocycles. The first-order chi connectivity index (χ1) is 12.0. The number of ether oxygens (including phenoxy) is 1. The van der Waals surface area contributed by atoms with Crippen LogP contribution in [0.5, 0.6) is 5.88 Å². The summed E-state index contributed by atoms with van der Waals surface area (Å²) in [5.41, 5.74) is 6.83. The molecule has 8 heteroatoms. The van der Waals surface area contributed by atoms with Crippen molar-refractivity contribution in [1.29, 1.82) is 0 Å². The third-order valence-corrected chi connectivity index (χ3v) is 4.04. The van der Waals surface area contributed by atoms with Gasteiger partial charge in [-0.15, -0.1) is 0 Å². The first kappa shape index (κ1) is 17.2. The van der Waals surface area contributed by atoms with Gasteiger partial charge in [-0.1, -0.05) is 6.07 Å². The summed E-state index contributed by atoms with van der Waals surface area (Å²) in [5, 5.41) is 10.9. The van der Waals surface area contributed by atoms with E-state index in [-0.39, 0.29) is 6.10 Å². The van der Waals surface area contributed by atoms with Crippen molar-refractivity contribution in [2.75, 3.05) is 18.4 Å². The minimum atomic E-state index is -0.459. The van der Waals surface area contributed by atoms with Gasteiger partial charge in [0.05, 0.1) is 12.3 Å². The first-order valence-corrected chi connectivity index (χ1v) is 8.45. The smallest absolute Gasteiger partial charge is 0.254 e. The molecule has 0 bridgehead atoms. The van der Waals surface area contributed by atoms with Crippen LogP contribution in [0.2, 0.25) is 0 Å². The van der Waals surface area contributed by atoms with Crippen molar-refractivity contribution in [3.63, 3.8) is 0 Å². The van der Waals surface area contributed by atoms with E-state index in [0.29, 0.717) is 29.7 Å². The van der Waals surface area contributed by atoms with E-state index in [1.807, 2.05) is 26.0 Å². The number of pyridine rings is 1. The Morgan fingerprint density at radius 2 is 2.40 bits per heavy atom. The van der Waals surface area contributed by atoms with Gasteiger partial charge < -0.3 is 21.1 Å². The van der Waals surface area contributed by atoms with E-state index in [1.165, 1.54) is 6.20 Å². The zero-order valence-corrected chi connectivity index (χ0v) is 14.5. The van der Waals surface area contributed by atoms with Crippen LogP contribution in [0.4, 0.5) is 5.82 Å². The van der Waals surface area contributed by atoms with Crippen LogP contribution in [0.15, 0.2) is 24.5 Å². The van der Waals surface area contributed by atoms with E-state index in [0.717, 1.165) is 25.2 Å². The predicted octanol–water partition coefficient (Wildman–Crippen LogP) is 0.996. The molecule has 25 heavy (non-hydrogen) atoms. The minimum Gasteiger partial charge on any atom is -0.475 e. The van der Waals surface area contributed by atoms with Gasteiger partial charge in [-0.2, -0.15) is 5.10 Å². The quantitative estimate of drug-likeness (QED) is 0.692. The summed E-state index contributed by atoms with van der Waals surface area (Å²) in [7, 11) is 0. The van der Waals surface area contributed by atoms with Gasteiger partial charge in [0.25, 0.3) is 5.91 Å². The largest absolute Gasteiger partial charge is 0.475 e. The fraction of sp³-hybridized carbons (Fsp3) is 0.471. The Balaban J connectivity index is 1.54. The van der Waals surface area contributed by atoms with Crippen molar-refractivity contribution < 1.29 is 9.53 Å². The monoisotopic (exact) mass is 344 g/mol. The van der Waals surface area contributed by atoms with E-state index in [2.05, 4.69) is 20.7 Å². The molecule has 0 saturated heterocycles. The predicted molar refractivity (Wildman–Crippen MR) is 94.4 cm³/mol. The molecule has 1 aliphatic heterocycles. The lowest BCUT2D eigenvalue weighted by Crippen LogP contribution is -2.35. The molecule has 0 fully saturated rings. The molecule has 8 nitrogen and oxygen atoms in total. The lowest BCUT2D eigenvalue weighted by atomic mass is 10.1. The standard InChI is InChI=1S/C17H24N6O2/c1-11(2)25-17-13(4-3-5-20-17)8-19-6-12-7-21-16-14(15(18)24)9-22-23(16)10-12/h3-5,9,11-12,19,21H,6-8,10H2,1-2H3,(H2,18,24)/t12-/m0/s1. The fourth-order valence-electron chi connectivity index (χ4n) is 2.88. The van der Waals surface area contributed by atoms with Crippen LogP contribution in [0.25, 0.3) is 0 Å². The average Bonchev–Trinajstić information content (AvgIpc) is 2.99. The van der Waals surface area contributed by atoms with Crippen LogP contribution in [0.3, 0.4) is 0 Å². The van der Waals surface area contributed by atoms with Crippen molar-refractivity contribution in [2.45, 2.75) is 33.0 Å². The van der Waals surface area contributed by atoms with Gasteiger partial charge in [0.1, 0.15) is 11.4 Å². The molecule has 0 unspecified atom stereocenters. The summed E-state index contributed by atoms with van der Waals surface area (Å²) in [4.78, 5) is 15.7. The van der Waals surface area contributed by atoms with Gasteiger partial charge in [-0.3, -0.25) is 4.79 Å². The third-order valence-electron chi connectivity index (χ3n) is 4.04. The van der Waals surface area contributed by atoms with Crippen molar-refractivity contribution >= 4 is 11.7 Å². The normalized spacial score (nSPS) is 16.4. The van der Waals surface area contributed by atoms with Crippen LogP contribution in [-0.2, 0) is 13.1 Å². The van der Waals surface area contributed by atoms with Crippen LogP contribution in [0, 0.1) is 5.92 Å². The number of anilines is 1. The van der Waals surface area contributed by atoms with Crippen LogP contribution >= 0.6 is 0 Å². The lowest BCUT2D eigenvalue weighted by molar-refractivity contribution is 0.100. The second-order valence-corrected chi connectivity index (χ2v) is 6.47. The van der Waals surface area contributed by atoms with Gasteiger partial charge in [-0.05, 0) is 19.9 Å². The summed E-state index contributed by atoms with van der Waals surface area (Å²) >= 11 is 0. The Bertz CT molecular complexity index is 742. The maximum absolute atomic E-state index is 11.4. The molecule has 0 radical (unpaired) electrons. The average molecular weight is 344 g/mol. The molecule has 3 rings (SSSR count). The second-order valence-electron chi connectivity index (χ2n) is 6.47. The zero-order valence-electron chi connectivity index (χ0n) is 14.5. The van der Waals surface area contributed by atoms with Crippen molar-refractivity contribution in [2.24, 2.45) is 11.7 Å². The Labute approximate surface area is 146 Å². The second kappa shape index (κ2) is 7.52. The van der Waals surface area contributed by atoms with Gasteiger partial charge in [0.2, 0.25) is 5.88 Å². The SMILES string of the molecule is CC(C)Oc1ncccc1CNC[C@H]1CNc2c(C(N)=O)cnn2C1. The number of amides is 1. The molecule has 0 aliphatic carbocycles. The van der Waals surface area contributed by atoms with Crippen molar-refractivity contribution in [3.8, 4) is 5.88 Å². The Morgan fingerprint density at radius 3 is 3.16 bits per heavy atom. The molecule has 4 N–H and O–H groups in total. The number of fused-ring (bicyclic) bond motifs is 1. The number of carbonyl (C=O) groups is 1. The maximum atomic E-state index is 11.4. The van der Waals surface area contributed by atoms with E-state index < -0.39 is 5.91 Å². The van der Waals surface area contributed by atoms with Gasteiger partial charge in [0, 0.05) is 43.9 Å². The third kappa shape index (κ3) is 4.08. The first-order valence-electron chi connectivity index (χ1n) is 8.45. The number of hydrogen-bond acceptors (Lipinski definition) is 6. The molecule has 3 heterocycles. The number of nitrogens with two attached hydrogens (primary N) is 1. The molecule has 1 atom stereocenters. The molecule has 134 valence electrons. The van der Waals surface area contributed by atoms with E-state index in [1.54, 1.807) is 10.9 Å². The molecular formula is C17H24N6O2. The van der Waals surface area contributed by atoms with E-state index >= 15 is 0 Å². The Kier molecular flexibility index (Phi) is 5.18. The number of nitrogens with one attached hydrogen (secondary N) is 2. The molecule has 0 saturated carbocycles. The molecule has 1 aliphatic rings. The minimum absolute atomic E-state index is 0.0916. The highest BCUT2D eigenvalue weighted by Crippen LogP contribution is 2.21. The number of carbonyl (C=O) groups excluding carboxylic acids is 1. The molecular weight excluding hydrogens is 320 g/mol. The van der Waals surface area contributed by atoms with Crippen LogP contribution in [0.1, 0.15) is 29.8 Å². The van der Waals surface area contributed by atoms with Gasteiger partial charge >= 0.3 is 0 Å². The van der Waals surface area contributed by atoms with Gasteiger partial charge in [0.15, 0.2) is 0 Å². The maximum Gasteiger partial charge on any atom is 0.254 e. The van der Waals surface area contributed by atoms with E-state index in [9.17, 15) is 4.79 Å². The molecule has 0 spiro atoms. The number of primary amides is 1. The lowest BCUT2D eigenvalue weighted by Gasteiger charge is -2.25. The molecule has 2 aromatic heterocycles. The summed E-state index contributed by atoms with van der Waals surface area (Å²) in [6.07, 6.45) is 3.35. The summed E-state index contributed by atoms with van der Waals surface area (Å²) in [5.74, 6) is 1.29. The number of rotatable bonds is 7. The van der Waals surface area contributed by atoms with Crippen LogP contribution in [-0.4, -0.2) is 39.9 Å². The van der Waals surface area contributed by atoms with Crippen LogP contribution < -0.4 is 21.1 Å². The highest BCUT2D eigenvalue weighted by molar-refractivity contribution is 5.97. The van der Waals surface area contributed by atoms with E-state index in [4.69, 9.17) is 10.5 Å². The zero-order chi connectivity index (χ0) is 17.8. The van der Waals surface area contributed by atoms with Crippen molar-refractivity contribution in [3.05, 3.63) is 35.7 Å². The highest BCUT2D eigenvalue weighted by atomic mass is 16.5. The number of aromatic nitrogens is 3. The Morgan fingerprint density at radius 1 is 1.56 bits per heavy atom. The topological polar surface area (TPSA) is 107 Å². The molecule has 2 aromatic rings. The summed E-state index contributed by atoms with van der Waals surface area (Å²) in [6, 6.07) is 3.93. The summed E-state index contributed by atoms with van der Waals surface area (Å²) < 4.78 is 7.54. The summed E-state index contributed by atoms with van der Waals surface area (Å²) in [6.45, 7) is 6.98. The Hall–Kier alpha value is -2.61. The highest BCUT2D eigenvalue weighted by Gasteiger charge is 2.23. The van der Waals surface area contributed by atoms with Crippen molar-refractivity contribution in [1.82, 2.24) is 20.1 Å². The number of nitrogens with zero attached hydrogens (tertiary/aromatic N) is 3. The number of hydrogen-bond donors (Lipinski definition) is 3. The molecule has 1 amide bonds.